The third kappa shape index (κ3) is 4.29. The minimum absolute atomic E-state index is 0.233. The molecule has 4 rings (SSSR count). The summed E-state index contributed by atoms with van der Waals surface area (Å²) in [6, 6.07) is 17.9. The van der Waals surface area contributed by atoms with E-state index in [2.05, 4.69) is 28.3 Å². The molecule has 1 N–H and O–H groups in total. The summed E-state index contributed by atoms with van der Waals surface area (Å²) in [5, 5.41) is 2.90. The quantitative estimate of drug-likeness (QED) is 0.388. The van der Waals surface area contributed by atoms with Crippen molar-refractivity contribution in [1.82, 2.24) is 0 Å². The highest BCUT2D eigenvalue weighted by Gasteiger charge is 2.18. The maximum atomic E-state index is 12.3. The first-order valence-corrected chi connectivity index (χ1v) is 9.48. The number of carbonyl (C=O) groups is 2. The Morgan fingerprint density at radius 1 is 1.07 bits per heavy atom. The van der Waals surface area contributed by atoms with Gasteiger partial charge in [-0.3, -0.25) is 9.59 Å². The second-order valence-corrected chi connectivity index (χ2v) is 6.91. The van der Waals surface area contributed by atoms with Crippen molar-refractivity contribution in [3.05, 3.63) is 83.3 Å². The van der Waals surface area contributed by atoms with E-state index in [1.807, 2.05) is 24.3 Å². The number of fused-ring (bicyclic) bond motifs is 3. The Bertz CT molecular complexity index is 1090. The number of hydrogen-bond acceptors (Lipinski definition) is 4. The minimum Gasteiger partial charge on any atom is -0.469 e. The van der Waals surface area contributed by atoms with Gasteiger partial charge in [-0.1, -0.05) is 30.3 Å². The van der Waals surface area contributed by atoms with E-state index in [1.165, 1.54) is 35.4 Å². The summed E-state index contributed by atoms with van der Waals surface area (Å²) in [6.07, 6.45) is 4.69. The van der Waals surface area contributed by atoms with Gasteiger partial charge < -0.3 is 14.5 Å². The molecular formula is C24H21NO4. The number of anilines is 1. The molecule has 0 radical (unpaired) electrons. The number of benzene rings is 2. The minimum atomic E-state index is -0.283. The lowest BCUT2D eigenvalue weighted by atomic mass is 10.1. The highest BCUT2D eigenvalue weighted by molar-refractivity contribution is 6.02. The van der Waals surface area contributed by atoms with Gasteiger partial charge in [0.2, 0.25) is 5.91 Å². The summed E-state index contributed by atoms with van der Waals surface area (Å²) in [5.41, 5.74) is 5.74. The SMILES string of the molecule is COC(=O)CCc1ccc(/C=C/C(=O)Nc2ccc3c(c2)-c2ccccc2C3)o1. The molecule has 0 saturated heterocycles. The number of rotatable bonds is 6. The van der Waals surface area contributed by atoms with Gasteiger partial charge in [-0.05, 0) is 59.0 Å². The van der Waals surface area contributed by atoms with E-state index >= 15 is 0 Å². The molecule has 1 heterocycles. The van der Waals surface area contributed by atoms with Gasteiger partial charge in [0.05, 0.1) is 13.5 Å². The van der Waals surface area contributed by atoms with Crippen LogP contribution in [0.3, 0.4) is 0 Å². The molecule has 0 saturated carbocycles. The van der Waals surface area contributed by atoms with Crippen LogP contribution in [0.1, 0.15) is 29.1 Å². The molecule has 2 aromatic carbocycles. The molecule has 29 heavy (non-hydrogen) atoms. The largest absolute Gasteiger partial charge is 0.469 e. The van der Waals surface area contributed by atoms with E-state index in [-0.39, 0.29) is 18.3 Å². The third-order valence-electron chi connectivity index (χ3n) is 4.95. The van der Waals surface area contributed by atoms with E-state index in [1.54, 1.807) is 18.2 Å². The van der Waals surface area contributed by atoms with Gasteiger partial charge in [0, 0.05) is 18.2 Å². The smallest absolute Gasteiger partial charge is 0.305 e. The van der Waals surface area contributed by atoms with Crippen LogP contribution in [0.4, 0.5) is 5.69 Å². The van der Waals surface area contributed by atoms with Crippen LogP contribution in [0.2, 0.25) is 0 Å². The molecule has 5 heteroatoms. The molecule has 5 nitrogen and oxygen atoms in total. The second kappa shape index (κ2) is 8.19. The molecule has 0 unspecified atom stereocenters. The van der Waals surface area contributed by atoms with Crippen molar-refractivity contribution in [3.63, 3.8) is 0 Å². The number of nitrogens with one attached hydrogen (secondary N) is 1. The van der Waals surface area contributed by atoms with Crippen LogP contribution in [-0.4, -0.2) is 19.0 Å². The van der Waals surface area contributed by atoms with Gasteiger partial charge in [0.1, 0.15) is 11.5 Å². The van der Waals surface area contributed by atoms with Crippen molar-refractivity contribution in [1.29, 1.82) is 0 Å². The van der Waals surface area contributed by atoms with E-state index in [4.69, 9.17) is 4.42 Å². The Morgan fingerprint density at radius 2 is 1.90 bits per heavy atom. The molecule has 1 aromatic heterocycles. The fourth-order valence-electron chi connectivity index (χ4n) is 3.49. The molecule has 0 atom stereocenters. The van der Waals surface area contributed by atoms with E-state index in [9.17, 15) is 9.59 Å². The zero-order valence-corrected chi connectivity index (χ0v) is 16.1. The summed E-state index contributed by atoms with van der Waals surface area (Å²) >= 11 is 0. The van der Waals surface area contributed by atoms with Gasteiger partial charge in [0.25, 0.3) is 0 Å². The van der Waals surface area contributed by atoms with Crippen LogP contribution in [0, 0.1) is 0 Å². The van der Waals surface area contributed by atoms with E-state index in [0.29, 0.717) is 17.9 Å². The van der Waals surface area contributed by atoms with Gasteiger partial charge in [-0.2, -0.15) is 0 Å². The number of hydrogen-bond donors (Lipinski definition) is 1. The molecule has 1 amide bonds. The fourth-order valence-corrected chi connectivity index (χ4v) is 3.49. The van der Waals surface area contributed by atoms with Gasteiger partial charge in [-0.15, -0.1) is 0 Å². The Labute approximate surface area is 169 Å². The molecule has 3 aromatic rings. The maximum Gasteiger partial charge on any atom is 0.305 e. The lowest BCUT2D eigenvalue weighted by Crippen LogP contribution is -2.07. The average Bonchev–Trinajstić information content (AvgIpc) is 3.34. The first kappa shape index (κ1) is 18.7. The summed E-state index contributed by atoms with van der Waals surface area (Å²) in [4.78, 5) is 23.5. The molecule has 146 valence electrons. The number of aryl methyl sites for hydroxylation is 1. The van der Waals surface area contributed by atoms with Gasteiger partial charge in [0.15, 0.2) is 0 Å². The first-order valence-electron chi connectivity index (χ1n) is 9.48. The number of carbonyl (C=O) groups excluding carboxylic acids is 2. The van der Waals surface area contributed by atoms with Crippen molar-refractivity contribution >= 4 is 23.6 Å². The maximum absolute atomic E-state index is 12.3. The lowest BCUT2D eigenvalue weighted by molar-refractivity contribution is -0.140. The van der Waals surface area contributed by atoms with Crippen molar-refractivity contribution in [2.75, 3.05) is 12.4 Å². The molecule has 1 aliphatic rings. The van der Waals surface area contributed by atoms with Gasteiger partial charge >= 0.3 is 5.97 Å². The Hall–Kier alpha value is -3.60. The van der Waals surface area contributed by atoms with Crippen LogP contribution >= 0.6 is 0 Å². The Kier molecular flexibility index (Phi) is 5.29. The van der Waals surface area contributed by atoms with Crippen LogP contribution in [-0.2, 0) is 27.2 Å². The molecule has 0 aliphatic heterocycles. The molecule has 0 fully saturated rings. The zero-order valence-electron chi connectivity index (χ0n) is 16.1. The number of esters is 1. The number of methoxy groups -OCH3 is 1. The molecule has 0 bridgehead atoms. The van der Waals surface area contributed by atoms with Crippen LogP contribution in [0.25, 0.3) is 17.2 Å². The number of amides is 1. The lowest BCUT2D eigenvalue weighted by Gasteiger charge is -2.06. The summed E-state index contributed by atoms with van der Waals surface area (Å²) in [7, 11) is 1.36. The summed E-state index contributed by atoms with van der Waals surface area (Å²) in [6.45, 7) is 0. The Morgan fingerprint density at radius 3 is 2.76 bits per heavy atom. The monoisotopic (exact) mass is 387 g/mol. The van der Waals surface area contributed by atoms with Crippen LogP contribution < -0.4 is 5.32 Å². The predicted molar refractivity (Wildman–Crippen MR) is 111 cm³/mol. The van der Waals surface area contributed by atoms with E-state index < -0.39 is 0 Å². The topological polar surface area (TPSA) is 68.5 Å². The number of ether oxygens (including phenoxy) is 1. The first-order chi connectivity index (χ1) is 14.1. The Balaban J connectivity index is 1.39. The van der Waals surface area contributed by atoms with Crippen LogP contribution in [0.5, 0.6) is 0 Å². The van der Waals surface area contributed by atoms with Gasteiger partial charge in [-0.25, -0.2) is 0 Å². The average molecular weight is 387 g/mol. The predicted octanol–water partition coefficient (Wildman–Crippen LogP) is 4.61. The third-order valence-corrected chi connectivity index (χ3v) is 4.95. The van der Waals surface area contributed by atoms with Crippen molar-refractivity contribution < 1.29 is 18.7 Å². The van der Waals surface area contributed by atoms with Crippen LogP contribution in [0.15, 0.2) is 65.1 Å². The normalized spacial score (nSPS) is 11.9. The molecule has 0 spiro atoms. The molecular weight excluding hydrogens is 366 g/mol. The second-order valence-electron chi connectivity index (χ2n) is 6.91. The van der Waals surface area contributed by atoms with Crippen molar-refractivity contribution in [3.8, 4) is 11.1 Å². The number of furan rings is 1. The standard InChI is InChI=1S/C24H21NO4/c1-28-24(27)13-11-20-9-8-19(29-20)10-12-23(26)25-18-7-6-17-14-16-4-2-3-5-21(16)22(17)15-18/h2-10,12,15H,11,13-14H2,1H3,(H,25,26)/b12-10+. The highest BCUT2D eigenvalue weighted by Crippen LogP contribution is 2.37. The molecule has 1 aliphatic carbocycles. The van der Waals surface area contributed by atoms with E-state index in [0.717, 1.165) is 12.1 Å². The summed E-state index contributed by atoms with van der Waals surface area (Å²) in [5.74, 6) is 0.717. The van der Waals surface area contributed by atoms with Crippen molar-refractivity contribution in [2.24, 2.45) is 0 Å². The zero-order chi connectivity index (χ0) is 20.2. The fraction of sp³-hybridized carbons (Fsp3) is 0.167. The highest BCUT2D eigenvalue weighted by atomic mass is 16.5. The summed E-state index contributed by atoms with van der Waals surface area (Å²) < 4.78 is 10.2. The van der Waals surface area contributed by atoms with Crippen molar-refractivity contribution in [2.45, 2.75) is 19.3 Å².